The van der Waals surface area contributed by atoms with Crippen molar-refractivity contribution in [1.29, 1.82) is 0 Å². The predicted octanol–water partition coefficient (Wildman–Crippen LogP) is 5.35. The van der Waals surface area contributed by atoms with Crippen LogP contribution in [0.15, 0.2) is 36.4 Å². The minimum Gasteiger partial charge on any atom is -0.478 e. The van der Waals surface area contributed by atoms with Gasteiger partial charge in [-0.15, -0.1) is 0 Å². The minimum atomic E-state index is -0.989. The van der Waals surface area contributed by atoms with Crippen LogP contribution in [0.5, 0.6) is 0 Å². The van der Waals surface area contributed by atoms with E-state index in [1.165, 1.54) is 31.4 Å². The van der Waals surface area contributed by atoms with Crippen LogP contribution in [0.25, 0.3) is 12.2 Å². The van der Waals surface area contributed by atoms with E-state index in [1.54, 1.807) is 30.3 Å². The summed E-state index contributed by atoms with van der Waals surface area (Å²) in [6.45, 7) is 7.26. The Hall–Kier alpha value is -2.40. The van der Waals surface area contributed by atoms with Gasteiger partial charge >= 0.3 is 11.9 Å². The topological polar surface area (TPSA) is 72.8 Å². The fourth-order valence-electron chi connectivity index (χ4n) is 2.97. The molecule has 0 aliphatic rings. The fraction of sp³-hybridized carbons (Fsp3) is 0.500. The molecule has 160 valence electrons. The zero-order chi connectivity index (χ0) is 21.5. The minimum absolute atomic E-state index is 0.220. The Morgan fingerprint density at radius 3 is 2.14 bits per heavy atom. The lowest BCUT2D eigenvalue weighted by molar-refractivity contribution is -0.140. The number of hydrogen-bond acceptors (Lipinski definition) is 4. The molecule has 0 fully saturated rings. The highest BCUT2D eigenvalue weighted by Gasteiger charge is 2.09. The highest BCUT2D eigenvalue weighted by Crippen LogP contribution is 2.16. The maximum atomic E-state index is 11.8. The van der Waals surface area contributed by atoms with Gasteiger partial charge in [0.05, 0.1) is 12.7 Å². The summed E-state index contributed by atoms with van der Waals surface area (Å²) >= 11 is 0. The SMILES string of the molecule is CCCC(C)CCC(CC)OCCOC(=O)/C=C/c1ccc(/C=C/C(=O)O)cc1. The Balaban J connectivity index is 2.29. The summed E-state index contributed by atoms with van der Waals surface area (Å²) in [5.41, 5.74) is 1.61. The van der Waals surface area contributed by atoms with Gasteiger partial charge in [-0.2, -0.15) is 0 Å². The van der Waals surface area contributed by atoms with Crippen LogP contribution in [-0.4, -0.2) is 36.4 Å². The summed E-state index contributed by atoms with van der Waals surface area (Å²) in [5, 5.41) is 8.62. The summed E-state index contributed by atoms with van der Waals surface area (Å²) in [6.07, 6.45) is 11.5. The number of benzene rings is 1. The first-order valence-electron chi connectivity index (χ1n) is 10.4. The first kappa shape index (κ1) is 24.6. The van der Waals surface area contributed by atoms with Crippen molar-refractivity contribution in [2.24, 2.45) is 5.92 Å². The summed E-state index contributed by atoms with van der Waals surface area (Å²) in [6, 6.07) is 7.18. The lowest BCUT2D eigenvalue weighted by Gasteiger charge is -2.18. The molecule has 1 aromatic rings. The van der Waals surface area contributed by atoms with Gasteiger partial charge in [0.2, 0.25) is 0 Å². The van der Waals surface area contributed by atoms with Crippen molar-refractivity contribution in [3.05, 3.63) is 47.5 Å². The number of hydrogen-bond donors (Lipinski definition) is 1. The van der Waals surface area contributed by atoms with Gasteiger partial charge in [0, 0.05) is 12.2 Å². The molecular weight excluding hydrogens is 368 g/mol. The second kappa shape index (κ2) is 14.6. The van der Waals surface area contributed by atoms with Crippen molar-refractivity contribution >= 4 is 24.1 Å². The molecule has 0 amide bonds. The van der Waals surface area contributed by atoms with Gasteiger partial charge in [0.25, 0.3) is 0 Å². The molecule has 5 heteroatoms. The van der Waals surface area contributed by atoms with E-state index < -0.39 is 11.9 Å². The van der Waals surface area contributed by atoms with E-state index in [2.05, 4.69) is 20.8 Å². The number of ether oxygens (including phenoxy) is 2. The number of esters is 1. The van der Waals surface area contributed by atoms with E-state index in [1.807, 2.05) is 0 Å². The zero-order valence-corrected chi connectivity index (χ0v) is 17.8. The van der Waals surface area contributed by atoms with Crippen molar-refractivity contribution < 1.29 is 24.2 Å². The number of carboxylic acid groups (broad SMARTS) is 1. The van der Waals surface area contributed by atoms with Crippen molar-refractivity contribution in [2.75, 3.05) is 13.2 Å². The summed E-state index contributed by atoms with van der Waals surface area (Å²) in [7, 11) is 0. The lowest BCUT2D eigenvalue weighted by Crippen LogP contribution is -2.17. The quantitative estimate of drug-likeness (QED) is 0.258. The van der Waals surface area contributed by atoms with Gasteiger partial charge in [-0.1, -0.05) is 57.9 Å². The second-order valence-electron chi connectivity index (χ2n) is 7.21. The molecule has 0 aromatic heterocycles. The standard InChI is InChI=1S/C24H34O5/c1-4-6-19(3)7-14-22(5-2)28-17-18-29-24(27)16-13-21-10-8-20(9-11-21)12-15-23(25)26/h8-13,15-16,19,22H,4-7,14,17-18H2,1-3H3,(H,25,26)/b15-12+,16-13+. The maximum absolute atomic E-state index is 11.8. The average molecular weight is 403 g/mol. The molecular formula is C24H34O5. The van der Waals surface area contributed by atoms with Crippen molar-refractivity contribution in [2.45, 2.75) is 59.0 Å². The monoisotopic (exact) mass is 402 g/mol. The maximum Gasteiger partial charge on any atom is 0.330 e. The van der Waals surface area contributed by atoms with E-state index in [9.17, 15) is 9.59 Å². The van der Waals surface area contributed by atoms with Crippen LogP contribution in [0.1, 0.15) is 64.0 Å². The Kier molecular flexibility index (Phi) is 12.4. The first-order chi connectivity index (χ1) is 13.9. The van der Waals surface area contributed by atoms with Crippen molar-refractivity contribution in [1.82, 2.24) is 0 Å². The number of aliphatic carboxylic acids is 1. The molecule has 5 nitrogen and oxygen atoms in total. The van der Waals surface area contributed by atoms with E-state index in [4.69, 9.17) is 14.6 Å². The van der Waals surface area contributed by atoms with E-state index in [-0.39, 0.29) is 12.7 Å². The molecule has 0 bridgehead atoms. The molecule has 0 saturated heterocycles. The molecule has 0 spiro atoms. The van der Waals surface area contributed by atoms with Gasteiger partial charge < -0.3 is 14.6 Å². The number of carboxylic acids is 1. The Bertz CT molecular complexity index is 660. The summed E-state index contributed by atoms with van der Waals surface area (Å²) in [5.74, 6) is -0.673. The number of carbonyl (C=O) groups excluding carboxylic acids is 1. The summed E-state index contributed by atoms with van der Waals surface area (Å²) < 4.78 is 11.0. The highest BCUT2D eigenvalue weighted by molar-refractivity contribution is 5.87. The third-order valence-corrected chi connectivity index (χ3v) is 4.67. The van der Waals surface area contributed by atoms with Gasteiger partial charge in [-0.05, 0) is 48.5 Å². The van der Waals surface area contributed by atoms with Gasteiger partial charge in [-0.25, -0.2) is 9.59 Å². The highest BCUT2D eigenvalue weighted by atomic mass is 16.6. The van der Waals surface area contributed by atoms with Crippen LogP contribution in [0.3, 0.4) is 0 Å². The largest absolute Gasteiger partial charge is 0.478 e. The number of carbonyl (C=O) groups is 2. The van der Waals surface area contributed by atoms with Crippen LogP contribution < -0.4 is 0 Å². The molecule has 29 heavy (non-hydrogen) atoms. The van der Waals surface area contributed by atoms with Gasteiger partial charge in [0.1, 0.15) is 6.61 Å². The normalized spacial score (nSPS) is 13.6. The zero-order valence-electron chi connectivity index (χ0n) is 17.8. The molecule has 0 saturated carbocycles. The third kappa shape index (κ3) is 11.9. The Morgan fingerprint density at radius 1 is 0.966 bits per heavy atom. The van der Waals surface area contributed by atoms with E-state index in [0.29, 0.717) is 6.61 Å². The Labute approximate surface area is 174 Å². The summed E-state index contributed by atoms with van der Waals surface area (Å²) in [4.78, 5) is 22.3. The molecule has 1 N–H and O–H groups in total. The van der Waals surface area contributed by atoms with E-state index in [0.717, 1.165) is 36.0 Å². The smallest absolute Gasteiger partial charge is 0.330 e. The molecule has 1 aromatic carbocycles. The van der Waals surface area contributed by atoms with Crippen molar-refractivity contribution in [3.63, 3.8) is 0 Å². The van der Waals surface area contributed by atoms with Crippen LogP contribution in [-0.2, 0) is 19.1 Å². The Morgan fingerprint density at radius 2 is 1.59 bits per heavy atom. The molecule has 0 aliphatic carbocycles. The van der Waals surface area contributed by atoms with Crippen LogP contribution in [0.4, 0.5) is 0 Å². The van der Waals surface area contributed by atoms with Crippen LogP contribution >= 0.6 is 0 Å². The van der Waals surface area contributed by atoms with Crippen LogP contribution in [0, 0.1) is 5.92 Å². The van der Waals surface area contributed by atoms with Crippen molar-refractivity contribution in [3.8, 4) is 0 Å². The fourth-order valence-corrected chi connectivity index (χ4v) is 2.97. The molecule has 0 aliphatic heterocycles. The molecule has 2 atom stereocenters. The van der Waals surface area contributed by atoms with E-state index >= 15 is 0 Å². The van der Waals surface area contributed by atoms with Gasteiger partial charge in [-0.3, -0.25) is 0 Å². The first-order valence-corrected chi connectivity index (χ1v) is 10.4. The molecule has 0 heterocycles. The average Bonchev–Trinajstić information content (AvgIpc) is 2.71. The van der Waals surface area contributed by atoms with Gasteiger partial charge in [0.15, 0.2) is 0 Å². The lowest BCUT2D eigenvalue weighted by atomic mass is 9.97. The second-order valence-corrected chi connectivity index (χ2v) is 7.21. The molecule has 0 radical (unpaired) electrons. The van der Waals surface area contributed by atoms with Crippen LogP contribution in [0.2, 0.25) is 0 Å². The predicted molar refractivity (Wildman–Crippen MR) is 116 cm³/mol. The molecule has 1 rings (SSSR count). The third-order valence-electron chi connectivity index (χ3n) is 4.67. The number of rotatable bonds is 14. The molecule has 2 unspecified atom stereocenters.